The van der Waals surface area contributed by atoms with Crippen LogP contribution in [0.4, 0.5) is 0 Å². The van der Waals surface area contributed by atoms with Crippen molar-refractivity contribution in [1.82, 2.24) is 9.88 Å². The quantitative estimate of drug-likeness (QED) is 0.880. The van der Waals surface area contributed by atoms with Crippen LogP contribution >= 0.6 is 0 Å². The summed E-state index contributed by atoms with van der Waals surface area (Å²) in [5, 5.41) is 10.6. The van der Waals surface area contributed by atoms with E-state index in [-0.39, 0.29) is 12.0 Å². The fraction of sp³-hybridized carbons (Fsp3) is 0.455. The number of para-hydroxylation sites is 2. The number of aryl methyl sites for hydroxylation is 1. The predicted octanol–water partition coefficient (Wildman–Crippen LogP) is 2.69. The van der Waals surface area contributed by atoms with Gasteiger partial charge in [0.05, 0.1) is 18.8 Å². The summed E-state index contributed by atoms with van der Waals surface area (Å²) in [6.07, 6.45) is 3.88. The summed E-state index contributed by atoms with van der Waals surface area (Å²) < 4.78 is 11.5. The van der Waals surface area contributed by atoms with E-state index in [0.717, 1.165) is 12.0 Å². The van der Waals surface area contributed by atoms with E-state index < -0.39 is 6.10 Å². The zero-order valence-corrected chi connectivity index (χ0v) is 16.2. The van der Waals surface area contributed by atoms with E-state index in [1.807, 2.05) is 42.2 Å². The molecule has 2 aliphatic rings. The van der Waals surface area contributed by atoms with Crippen molar-refractivity contribution in [3.05, 3.63) is 53.9 Å². The normalized spacial score (nSPS) is 26.6. The van der Waals surface area contributed by atoms with Crippen LogP contribution in [-0.2, 0) is 0 Å². The third-order valence-electron chi connectivity index (χ3n) is 5.84. The van der Waals surface area contributed by atoms with Crippen LogP contribution in [-0.4, -0.2) is 53.3 Å². The van der Waals surface area contributed by atoms with Crippen molar-refractivity contribution in [3.63, 3.8) is 0 Å². The van der Waals surface area contributed by atoms with Crippen LogP contribution in [0.5, 0.6) is 11.5 Å². The molecule has 148 valence electrons. The molecule has 4 atom stereocenters. The molecule has 2 fully saturated rings. The van der Waals surface area contributed by atoms with Crippen molar-refractivity contribution in [3.8, 4) is 11.5 Å². The summed E-state index contributed by atoms with van der Waals surface area (Å²) in [5.41, 5.74) is 1.60. The zero-order valence-electron chi connectivity index (χ0n) is 16.2. The number of aliphatic hydroxyl groups excluding tert-OH is 1. The number of likely N-dealkylation sites (tertiary alicyclic amines) is 1. The van der Waals surface area contributed by atoms with Gasteiger partial charge in [0.15, 0.2) is 11.5 Å². The van der Waals surface area contributed by atoms with Crippen molar-refractivity contribution < 1.29 is 19.4 Å². The monoisotopic (exact) mass is 382 g/mol. The minimum atomic E-state index is -0.554. The molecule has 1 amide bonds. The Hall–Kier alpha value is -2.60. The number of methoxy groups -OCH3 is 1. The number of ether oxygens (including phenoxy) is 2. The Morgan fingerprint density at radius 1 is 1.14 bits per heavy atom. The highest BCUT2D eigenvalue weighted by atomic mass is 16.5. The molecule has 0 radical (unpaired) electrons. The largest absolute Gasteiger partial charge is 0.493 e. The second-order valence-corrected chi connectivity index (χ2v) is 7.83. The Bertz CT molecular complexity index is 856. The Morgan fingerprint density at radius 2 is 1.86 bits per heavy atom. The second-order valence-electron chi connectivity index (χ2n) is 7.83. The van der Waals surface area contributed by atoms with Crippen molar-refractivity contribution in [2.75, 3.05) is 20.2 Å². The van der Waals surface area contributed by atoms with Gasteiger partial charge in [0.2, 0.25) is 0 Å². The van der Waals surface area contributed by atoms with Gasteiger partial charge in [-0.15, -0.1) is 0 Å². The first-order valence-corrected chi connectivity index (χ1v) is 9.74. The molecule has 28 heavy (non-hydrogen) atoms. The Kier molecular flexibility index (Phi) is 5.22. The molecular weight excluding hydrogens is 356 g/mol. The van der Waals surface area contributed by atoms with Gasteiger partial charge < -0.3 is 19.5 Å². The zero-order chi connectivity index (χ0) is 19.7. The molecule has 1 aromatic heterocycles. The highest BCUT2D eigenvalue weighted by Gasteiger charge is 2.44. The first-order chi connectivity index (χ1) is 13.5. The number of fused-ring (bicyclic) bond motifs is 1. The van der Waals surface area contributed by atoms with E-state index >= 15 is 0 Å². The lowest BCUT2D eigenvalue weighted by Crippen LogP contribution is -2.42. The molecule has 1 aromatic carbocycles. The van der Waals surface area contributed by atoms with Crippen molar-refractivity contribution >= 4 is 5.91 Å². The molecule has 6 heteroatoms. The van der Waals surface area contributed by atoms with E-state index in [0.29, 0.717) is 48.4 Å². The van der Waals surface area contributed by atoms with Gasteiger partial charge in [0.1, 0.15) is 6.10 Å². The van der Waals surface area contributed by atoms with Gasteiger partial charge in [-0.1, -0.05) is 12.1 Å². The highest BCUT2D eigenvalue weighted by molar-refractivity contribution is 5.94. The summed E-state index contributed by atoms with van der Waals surface area (Å²) in [4.78, 5) is 18.9. The average molecular weight is 382 g/mol. The van der Waals surface area contributed by atoms with Crippen LogP contribution in [0.1, 0.15) is 28.8 Å². The second kappa shape index (κ2) is 7.80. The molecule has 2 heterocycles. The number of hydrogen-bond acceptors (Lipinski definition) is 5. The molecule has 2 aromatic rings. The predicted molar refractivity (Wildman–Crippen MR) is 105 cm³/mol. The fourth-order valence-corrected chi connectivity index (χ4v) is 4.42. The SMILES string of the molecule is COc1ccccc1O[C@@H]1C[C@@H]2CN(C(=O)c3cncc(C)c3)C[C@@H]2C[C@H]1O. The van der Waals surface area contributed by atoms with Gasteiger partial charge in [-0.2, -0.15) is 0 Å². The summed E-state index contributed by atoms with van der Waals surface area (Å²) in [6, 6.07) is 9.35. The molecule has 4 rings (SSSR count). The Labute approximate surface area is 165 Å². The van der Waals surface area contributed by atoms with E-state index in [1.54, 1.807) is 19.5 Å². The van der Waals surface area contributed by atoms with E-state index in [4.69, 9.17) is 9.47 Å². The van der Waals surface area contributed by atoms with Crippen molar-refractivity contribution in [2.24, 2.45) is 11.8 Å². The molecular formula is C22H26N2O4. The lowest BCUT2D eigenvalue weighted by atomic mass is 9.78. The Balaban J connectivity index is 1.44. The molecule has 1 saturated carbocycles. The van der Waals surface area contributed by atoms with Crippen LogP contribution in [0.2, 0.25) is 0 Å². The minimum Gasteiger partial charge on any atom is -0.493 e. The smallest absolute Gasteiger partial charge is 0.255 e. The maximum absolute atomic E-state index is 12.9. The van der Waals surface area contributed by atoms with E-state index in [1.165, 1.54) is 0 Å². The van der Waals surface area contributed by atoms with Gasteiger partial charge in [0.25, 0.3) is 5.91 Å². The average Bonchev–Trinajstić information content (AvgIpc) is 3.10. The van der Waals surface area contributed by atoms with Crippen molar-refractivity contribution in [1.29, 1.82) is 0 Å². The number of nitrogens with zero attached hydrogens (tertiary/aromatic N) is 2. The summed E-state index contributed by atoms with van der Waals surface area (Å²) >= 11 is 0. The number of carbonyl (C=O) groups is 1. The number of hydrogen-bond donors (Lipinski definition) is 1. The van der Waals surface area contributed by atoms with Gasteiger partial charge in [-0.25, -0.2) is 0 Å². The minimum absolute atomic E-state index is 0.0160. The lowest BCUT2D eigenvalue weighted by Gasteiger charge is -2.35. The van der Waals surface area contributed by atoms with E-state index in [9.17, 15) is 9.90 Å². The molecule has 1 saturated heterocycles. The molecule has 1 aliphatic carbocycles. The number of amides is 1. The maximum atomic E-state index is 12.9. The van der Waals surface area contributed by atoms with Crippen molar-refractivity contribution in [2.45, 2.75) is 32.0 Å². The first-order valence-electron chi connectivity index (χ1n) is 9.74. The Morgan fingerprint density at radius 3 is 2.57 bits per heavy atom. The molecule has 1 aliphatic heterocycles. The number of benzene rings is 1. The van der Waals surface area contributed by atoms with E-state index in [2.05, 4.69) is 4.98 Å². The maximum Gasteiger partial charge on any atom is 0.255 e. The van der Waals surface area contributed by atoms with Crippen LogP contribution in [0.3, 0.4) is 0 Å². The topological polar surface area (TPSA) is 71.9 Å². The van der Waals surface area contributed by atoms with Gasteiger partial charge in [-0.3, -0.25) is 9.78 Å². The van der Waals surface area contributed by atoms with Gasteiger partial charge in [-0.05, 0) is 55.4 Å². The van der Waals surface area contributed by atoms with Crippen LogP contribution in [0, 0.1) is 18.8 Å². The van der Waals surface area contributed by atoms with Crippen LogP contribution in [0.25, 0.3) is 0 Å². The molecule has 0 spiro atoms. The number of carbonyl (C=O) groups excluding carboxylic acids is 1. The van der Waals surface area contributed by atoms with Crippen LogP contribution < -0.4 is 9.47 Å². The lowest BCUT2D eigenvalue weighted by molar-refractivity contribution is -0.0240. The number of aromatic nitrogens is 1. The molecule has 1 N–H and O–H groups in total. The van der Waals surface area contributed by atoms with Gasteiger partial charge >= 0.3 is 0 Å². The molecule has 0 unspecified atom stereocenters. The highest BCUT2D eigenvalue weighted by Crippen LogP contribution is 2.39. The number of rotatable bonds is 4. The summed E-state index contributed by atoms with van der Waals surface area (Å²) in [7, 11) is 1.61. The van der Waals surface area contributed by atoms with Crippen LogP contribution in [0.15, 0.2) is 42.7 Å². The standard InChI is InChI=1S/C22H26N2O4/c1-14-7-15(11-23-10-14)22(26)24-12-16-8-18(25)21(9-17(16)13-24)28-20-6-4-3-5-19(20)27-2/h3-7,10-11,16-18,21,25H,8-9,12-13H2,1-2H3/t16-,17+,18+,21+/m0/s1. The van der Waals surface area contributed by atoms with Gasteiger partial charge in [0, 0.05) is 25.5 Å². The number of pyridine rings is 1. The molecule has 0 bridgehead atoms. The molecule has 6 nitrogen and oxygen atoms in total. The third kappa shape index (κ3) is 3.69. The first kappa shape index (κ1) is 18.7. The summed E-state index contributed by atoms with van der Waals surface area (Å²) in [5.74, 6) is 1.94. The third-order valence-corrected chi connectivity index (χ3v) is 5.84. The number of aliphatic hydroxyl groups is 1. The fourth-order valence-electron chi connectivity index (χ4n) is 4.42. The summed E-state index contributed by atoms with van der Waals surface area (Å²) in [6.45, 7) is 3.30.